The Hall–Kier alpha value is -3.27. The van der Waals surface area contributed by atoms with Gasteiger partial charge in [0.15, 0.2) is 0 Å². The number of nitrogens with zero attached hydrogens (tertiary/aromatic N) is 4. The highest BCUT2D eigenvalue weighted by Crippen LogP contribution is 2.47. The summed E-state index contributed by atoms with van der Waals surface area (Å²) in [6, 6.07) is 6.53. The third-order valence-corrected chi connectivity index (χ3v) is 7.37. The molecule has 1 saturated carbocycles. The van der Waals surface area contributed by atoms with E-state index < -0.39 is 29.0 Å². The Morgan fingerprint density at radius 2 is 1.92 bits per heavy atom. The summed E-state index contributed by atoms with van der Waals surface area (Å²) in [5, 5.41) is 23.4. The average molecular weight is 598 g/mol. The van der Waals surface area contributed by atoms with Crippen molar-refractivity contribution in [2.75, 3.05) is 11.1 Å². The number of hydrogen-bond donors (Lipinski definition) is 2. The van der Waals surface area contributed by atoms with Crippen molar-refractivity contribution in [1.29, 1.82) is 0 Å². The molecule has 0 aliphatic heterocycles. The molecule has 1 aromatic heterocycles. The van der Waals surface area contributed by atoms with Crippen LogP contribution in [-0.4, -0.2) is 42.9 Å². The molecular weight excluding hydrogens is 578 g/mol. The van der Waals surface area contributed by atoms with Gasteiger partial charge in [0.1, 0.15) is 5.41 Å². The molecule has 1 amide bonds. The standard InChI is InChI=1S/C25H20Cl2F3N5O3S/c1-24(2,22(37)38)8-7-13-3-6-18(17(26)9-13)31-20(36)12-39-23-32-33-34-35(23)19-11-15(25(28,29)30)10-16(21(19)27)14-4-5-14/h3,6,9-11,14H,4-5,12H2,1-2H3,(H,31,36)(H,37,38). The van der Waals surface area contributed by atoms with Gasteiger partial charge in [0.25, 0.3) is 0 Å². The molecule has 204 valence electrons. The van der Waals surface area contributed by atoms with Gasteiger partial charge in [0.2, 0.25) is 11.1 Å². The number of rotatable bonds is 7. The minimum atomic E-state index is -4.59. The minimum Gasteiger partial charge on any atom is -0.480 e. The molecule has 8 nitrogen and oxygen atoms in total. The maximum absolute atomic E-state index is 13.5. The van der Waals surface area contributed by atoms with Gasteiger partial charge in [-0.1, -0.05) is 46.8 Å². The van der Waals surface area contributed by atoms with E-state index in [1.165, 1.54) is 26.0 Å². The van der Waals surface area contributed by atoms with E-state index in [-0.39, 0.29) is 32.6 Å². The first kappa shape index (κ1) is 28.7. The summed E-state index contributed by atoms with van der Waals surface area (Å²) in [7, 11) is 0. The van der Waals surface area contributed by atoms with Gasteiger partial charge in [0, 0.05) is 5.56 Å². The van der Waals surface area contributed by atoms with E-state index in [4.69, 9.17) is 28.3 Å². The Kier molecular flexibility index (Phi) is 8.16. The predicted octanol–water partition coefficient (Wildman–Crippen LogP) is 6.06. The number of benzene rings is 2. The first-order valence-electron chi connectivity index (χ1n) is 11.4. The van der Waals surface area contributed by atoms with E-state index in [0.29, 0.717) is 16.8 Å². The van der Waals surface area contributed by atoms with Crippen molar-refractivity contribution in [2.24, 2.45) is 5.41 Å². The van der Waals surface area contributed by atoms with E-state index in [1.807, 2.05) is 0 Å². The quantitative estimate of drug-likeness (QED) is 0.251. The van der Waals surface area contributed by atoms with Crippen LogP contribution in [-0.2, 0) is 15.8 Å². The zero-order valence-corrected chi connectivity index (χ0v) is 22.8. The lowest BCUT2D eigenvalue weighted by atomic mass is 9.94. The fourth-order valence-electron chi connectivity index (χ4n) is 3.35. The summed E-state index contributed by atoms with van der Waals surface area (Å²) in [6.45, 7) is 2.94. The molecule has 0 saturated heterocycles. The largest absolute Gasteiger partial charge is 0.480 e. The zero-order chi connectivity index (χ0) is 28.5. The first-order chi connectivity index (χ1) is 18.3. The number of hydrogen-bond acceptors (Lipinski definition) is 6. The van der Waals surface area contributed by atoms with Crippen molar-refractivity contribution in [2.45, 2.75) is 43.9 Å². The third kappa shape index (κ3) is 6.84. The zero-order valence-electron chi connectivity index (χ0n) is 20.4. The van der Waals surface area contributed by atoms with Crippen molar-refractivity contribution in [3.63, 3.8) is 0 Å². The number of alkyl halides is 3. The number of aromatic nitrogens is 4. The molecule has 39 heavy (non-hydrogen) atoms. The van der Waals surface area contributed by atoms with E-state index in [2.05, 4.69) is 32.7 Å². The number of thioether (sulfide) groups is 1. The maximum atomic E-state index is 13.5. The third-order valence-electron chi connectivity index (χ3n) is 5.72. The Bertz CT molecular complexity index is 1510. The van der Waals surface area contributed by atoms with Gasteiger partial charge in [-0.3, -0.25) is 9.59 Å². The number of halogens is 5. The molecule has 0 unspecified atom stereocenters. The second-order valence-corrected chi connectivity index (χ2v) is 11.0. The molecule has 0 radical (unpaired) electrons. The van der Waals surface area contributed by atoms with Crippen LogP contribution in [0, 0.1) is 17.3 Å². The Labute approximate surface area is 235 Å². The van der Waals surface area contributed by atoms with Crippen LogP contribution >= 0.6 is 35.0 Å². The van der Waals surface area contributed by atoms with E-state index >= 15 is 0 Å². The lowest BCUT2D eigenvalue weighted by Crippen LogP contribution is -2.21. The van der Waals surface area contributed by atoms with Gasteiger partial charge in [0.05, 0.1) is 32.7 Å². The molecule has 1 fully saturated rings. The highest BCUT2D eigenvalue weighted by molar-refractivity contribution is 7.99. The molecule has 4 rings (SSSR count). The van der Waals surface area contributed by atoms with Crippen LogP contribution in [0.25, 0.3) is 5.69 Å². The summed E-state index contributed by atoms with van der Waals surface area (Å²) in [5.74, 6) is 3.63. The van der Waals surface area contributed by atoms with Crippen molar-refractivity contribution >= 4 is 52.5 Å². The summed E-state index contributed by atoms with van der Waals surface area (Å²) in [5.41, 5.74) is -0.984. The highest BCUT2D eigenvalue weighted by atomic mass is 35.5. The number of amides is 1. The molecule has 1 aliphatic carbocycles. The number of tetrazole rings is 1. The number of carboxylic acids is 1. The molecule has 0 spiro atoms. The summed E-state index contributed by atoms with van der Waals surface area (Å²) in [6.07, 6.45) is -3.10. The molecule has 1 aliphatic rings. The van der Waals surface area contributed by atoms with Crippen LogP contribution < -0.4 is 5.32 Å². The normalized spacial score (nSPS) is 13.5. The van der Waals surface area contributed by atoms with E-state index in [0.717, 1.165) is 41.4 Å². The number of carbonyl (C=O) groups excluding carboxylic acids is 1. The Morgan fingerprint density at radius 1 is 1.21 bits per heavy atom. The summed E-state index contributed by atoms with van der Waals surface area (Å²) < 4.78 is 41.7. The number of carbonyl (C=O) groups is 2. The molecule has 2 aromatic carbocycles. The summed E-state index contributed by atoms with van der Waals surface area (Å²) >= 11 is 13.6. The fourth-order valence-corrected chi connectivity index (χ4v) is 4.61. The van der Waals surface area contributed by atoms with Crippen molar-refractivity contribution in [1.82, 2.24) is 20.2 Å². The van der Waals surface area contributed by atoms with Crippen LogP contribution in [0.3, 0.4) is 0 Å². The Morgan fingerprint density at radius 3 is 2.54 bits per heavy atom. The fraction of sp³-hybridized carbons (Fsp3) is 0.320. The van der Waals surface area contributed by atoms with Crippen molar-refractivity contribution < 1.29 is 27.9 Å². The van der Waals surface area contributed by atoms with Gasteiger partial charge >= 0.3 is 12.1 Å². The number of carboxylic acid groups (broad SMARTS) is 1. The van der Waals surface area contributed by atoms with Crippen LogP contribution in [0.15, 0.2) is 35.5 Å². The lowest BCUT2D eigenvalue weighted by molar-refractivity contribution is -0.143. The molecule has 14 heteroatoms. The van der Waals surface area contributed by atoms with Gasteiger partial charge in [-0.05, 0) is 78.9 Å². The highest BCUT2D eigenvalue weighted by Gasteiger charge is 2.36. The van der Waals surface area contributed by atoms with Crippen LogP contribution in [0.1, 0.15) is 49.3 Å². The van der Waals surface area contributed by atoms with Crippen LogP contribution in [0.5, 0.6) is 0 Å². The molecule has 0 atom stereocenters. The van der Waals surface area contributed by atoms with Gasteiger partial charge in [-0.15, -0.1) is 5.10 Å². The average Bonchev–Trinajstić information content (AvgIpc) is 3.59. The molecule has 1 heterocycles. The van der Waals surface area contributed by atoms with Crippen molar-refractivity contribution in [3.05, 3.63) is 57.1 Å². The number of aliphatic carboxylic acids is 1. The van der Waals surface area contributed by atoms with E-state index in [9.17, 15) is 22.8 Å². The predicted molar refractivity (Wildman–Crippen MR) is 140 cm³/mol. The number of anilines is 1. The SMILES string of the molecule is CC(C)(C#Cc1ccc(NC(=O)CSc2nnnn2-c2cc(C(F)(F)F)cc(C3CC3)c2Cl)c(Cl)c1)C(=O)O. The molecular formula is C25H20Cl2F3N5O3S. The molecule has 2 N–H and O–H groups in total. The van der Waals surface area contributed by atoms with Gasteiger partial charge in [-0.2, -0.15) is 17.9 Å². The lowest BCUT2D eigenvalue weighted by Gasteiger charge is -2.15. The molecule has 3 aromatic rings. The maximum Gasteiger partial charge on any atom is 0.416 e. The minimum absolute atomic E-state index is 0.0212. The topological polar surface area (TPSA) is 110 Å². The van der Waals surface area contributed by atoms with Gasteiger partial charge in [-0.25, -0.2) is 0 Å². The second-order valence-electron chi connectivity index (χ2n) is 9.26. The first-order valence-corrected chi connectivity index (χ1v) is 13.2. The van der Waals surface area contributed by atoms with E-state index in [1.54, 1.807) is 6.07 Å². The smallest absolute Gasteiger partial charge is 0.416 e. The monoisotopic (exact) mass is 597 g/mol. The Balaban J connectivity index is 1.48. The second kappa shape index (κ2) is 11.1. The molecule has 0 bridgehead atoms. The van der Waals surface area contributed by atoms with Crippen LogP contribution in [0.4, 0.5) is 18.9 Å². The van der Waals surface area contributed by atoms with Gasteiger partial charge < -0.3 is 10.4 Å². The number of nitrogens with one attached hydrogen (secondary N) is 1. The van der Waals surface area contributed by atoms with Crippen molar-refractivity contribution in [3.8, 4) is 17.5 Å². The summed E-state index contributed by atoms with van der Waals surface area (Å²) in [4.78, 5) is 23.8. The van der Waals surface area contributed by atoms with Crippen LogP contribution in [0.2, 0.25) is 10.0 Å².